The largest absolute Gasteiger partial charge is 0.491 e. The van der Waals surface area contributed by atoms with Crippen molar-refractivity contribution in [3.05, 3.63) is 66.2 Å². The van der Waals surface area contributed by atoms with Gasteiger partial charge in [-0.15, -0.1) is 6.58 Å². The van der Waals surface area contributed by atoms with Gasteiger partial charge in [-0.2, -0.15) is 0 Å². The number of aliphatic hydroxyl groups is 1. The van der Waals surface area contributed by atoms with Gasteiger partial charge in [0.1, 0.15) is 19.1 Å². The van der Waals surface area contributed by atoms with Crippen molar-refractivity contribution in [2.45, 2.75) is 20.5 Å². The maximum atomic E-state index is 9.09. The number of ether oxygens (including phenoxy) is 2. The third-order valence-corrected chi connectivity index (χ3v) is 3.13. The van der Waals surface area contributed by atoms with Crippen molar-refractivity contribution < 1.29 is 19.4 Å². The molecule has 0 saturated heterocycles. The van der Waals surface area contributed by atoms with Gasteiger partial charge in [0.05, 0.1) is 13.2 Å². The van der Waals surface area contributed by atoms with Crippen molar-refractivity contribution in [1.82, 2.24) is 0 Å². The molecule has 0 spiro atoms. The summed E-state index contributed by atoms with van der Waals surface area (Å²) < 4.78 is 10.8. The number of rotatable bonds is 6. The Kier molecular flexibility index (Phi) is 12.6. The van der Waals surface area contributed by atoms with Crippen molar-refractivity contribution in [1.29, 1.82) is 0 Å². The molecule has 0 aliphatic rings. The van der Waals surface area contributed by atoms with E-state index in [0.717, 1.165) is 28.0 Å². The van der Waals surface area contributed by atoms with Crippen LogP contribution in [0.2, 0.25) is 0 Å². The van der Waals surface area contributed by atoms with Crippen LogP contribution in [0.1, 0.15) is 18.1 Å². The number of aryl methyl sites for hydroxylation is 1. The number of aliphatic hydroxyl groups excluding tert-OH is 1. The average molecular weight is 344 g/mol. The van der Waals surface area contributed by atoms with Crippen molar-refractivity contribution >= 4 is 6.79 Å². The molecule has 0 aliphatic heterocycles. The fourth-order valence-electron chi connectivity index (χ4n) is 2.01. The lowest BCUT2D eigenvalue weighted by atomic mass is 10.0. The summed E-state index contributed by atoms with van der Waals surface area (Å²) in [5.41, 5.74) is 4.20. The summed E-state index contributed by atoms with van der Waals surface area (Å²) in [7, 11) is 1.66. The van der Waals surface area contributed by atoms with Crippen LogP contribution in [0.15, 0.2) is 55.1 Å². The molecule has 0 atom stereocenters. The highest BCUT2D eigenvalue weighted by molar-refractivity contribution is 5.71. The molecular formula is C21H28O4. The summed E-state index contributed by atoms with van der Waals surface area (Å²) in [5, 5.41) is 9.09. The molecule has 0 fully saturated rings. The van der Waals surface area contributed by atoms with Gasteiger partial charge in [0.25, 0.3) is 0 Å². The molecular weight excluding hydrogens is 316 g/mol. The molecule has 2 rings (SSSR count). The molecule has 1 N–H and O–H groups in total. The molecule has 2 aromatic carbocycles. The Hall–Kier alpha value is -2.43. The van der Waals surface area contributed by atoms with Crippen molar-refractivity contribution in [3.63, 3.8) is 0 Å². The van der Waals surface area contributed by atoms with Crippen LogP contribution in [0.25, 0.3) is 11.1 Å². The van der Waals surface area contributed by atoms with Crippen molar-refractivity contribution in [2.24, 2.45) is 0 Å². The zero-order valence-electron chi connectivity index (χ0n) is 15.3. The Morgan fingerprint density at radius 2 is 1.68 bits per heavy atom. The van der Waals surface area contributed by atoms with Gasteiger partial charge in [-0.1, -0.05) is 42.5 Å². The van der Waals surface area contributed by atoms with Crippen LogP contribution in [0.3, 0.4) is 0 Å². The van der Waals surface area contributed by atoms with E-state index in [1.807, 2.05) is 51.0 Å². The zero-order chi connectivity index (χ0) is 19.1. The van der Waals surface area contributed by atoms with Gasteiger partial charge >= 0.3 is 0 Å². The van der Waals surface area contributed by atoms with E-state index in [1.165, 1.54) is 0 Å². The highest BCUT2D eigenvalue weighted by Gasteiger charge is 2.07. The van der Waals surface area contributed by atoms with E-state index in [1.54, 1.807) is 13.2 Å². The molecule has 4 nitrogen and oxygen atoms in total. The van der Waals surface area contributed by atoms with Gasteiger partial charge in [0.15, 0.2) is 0 Å². The molecule has 2 aromatic rings. The number of carbonyl (C=O) groups excluding carboxylic acids is 1. The summed E-state index contributed by atoms with van der Waals surface area (Å²) in [6, 6.07) is 14.0. The normalized spacial score (nSPS) is 9.12. The first-order valence-electron chi connectivity index (χ1n) is 7.94. The lowest BCUT2D eigenvalue weighted by Gasteiger charge is -2.13. The molecule has 0 radical (unpaired) electrons. The highest BCUT2D eigenvalue weighted by Crippen LogP contribution is 2.31. The smallest absolute Gasteiger partial charge is 0.127 e. The number of carbonyl (C=O) groups is 1. The van der Waals surface area contributed by atoms with Gasteiger partial charge in [0.2, 0.25) is 0 Å². The van der Waals surface area contributed by atoms with E-state index in [9.17, 15) is 0 Å². The summed E-state index contributed by atoms with van der Waals surface area (Å²) >= 11 is 0. The minimum atomic E-state index is 0.0609. The van der Waals surface area contributed by atoms with E-state index in [0.29, 0.717) is 13.2 Å². The van der Waals surface area contributed by atoms with Gasteiger partial charge in [-0.05, 0) is 36.6 Å². The molecule has 25 heavy (non-hydrogen) atoms. The molecule has 4 heteroatoms. The third kappa shape index (κ3) is 8.29. The summed E-state index contributed by atoms with van der Waals surface area (Å²) in [6.07, 6.45) is 1.75. The molecule has 136 valence electrons. The number of hydrogen-bond acceptors (Lipinski definition) is 4. The number of methoxy groups -OCH3 is 1. The van der Waals surface area contributed by atoms with Crippen molar-refractivity contribution in [2.75, 3.05) is 20.3 Å². The standard InChI is InChI=1S/C17H20O3.C3H6.CH2O/c1-13-3-8-16(17(11-13)20-10-9-19-2)15-6-4-14(12-18)5-7-15;1-3-2;1-2/h3-8,11,18H,9-10,12H2,1-2H3;3H,1H2,2H3;1H2. The molecule has 0 saturated carbocycles. The van der Waals surface area contributed by atoms with Crippen LogP contribution >= 0.6 is 0 Å². The van der Waals surface area contributed by atoms with Crippen LogP contribution in [-0.2, 0) is 16.1 Å². The summed E-state index contributed by atoms with van der Waals surface area (Å²) in [5.74, 6) is 0.860. The Morgan fingerprint density at radius 3 is 2.20 bits per heavy atom. The predicted molar refractivity (Wildman–Crippen MR) is 103 cm³/mol. The third-order valence-electron chi connectivity index (χ3n) is 3.13. The Labute approximate surface area is 150 Å². The second-order valence-corrected chi connectivity index (χ2v) is 5.10. The van der Waals surface area contributed by atoms with E-state index >= 15 is 0 Å². The zero-order valence-corrected chi connectivity index (χ0v) is 15.3. The molecule has 0 amide bonds. The van der Waals surface area contributed by atoms with Crippen LogP contribution < -0.4 is 4.74 Å². The topological polar surface area (TPSA) is 55.8 Å². The molecule has 0 bridgehead atoms. The van der Waals surface area contributed by atoms with E-state index in [4.69, 9.17) is 19.4 Å². The second-order valence-electron chi connectivity index (χ2n) is 5.10. The highest BCUT2D eigenvalue weighted by atomic mass is 16.5. The number of benzene rings is 2. The minimum Gasteiger partial charge on any atom is -0.491 e. The van der Waals surface area contributed by atoms with Crippen LogP contribution in [-0.4, -0.2) is 32.2 Å². The molecule has 0 aromatic heterocycles. The van der Waals surface area contributed by atoms with E-state index in [-0.39, 0.29) is 6.61 Å². The average Bonchev–Trinajstić information content (AvgIpc) is 2.65. The Bertz CT molecular complexity index is 606. The maximum Gasteiger partial charge on any atom is 0.127 e. The molecule has 0 aliphatic carbocycles. The van der Waals surface area contributed by atoms with Crippen molar-refractivity contribution in [3.8, 4) is 16.9 Å². The first-order chi connectivity index (χ1) is 12.2. The van der Waals surface area contributed by atoms with Gasteiger partial charge in [0, 0.05) is 12.7 Å². The maximum absolute atomic E-state index is 9.09. The van der Waals surface area contributed by atoms with Gasteiger partial charge in [-0.3, -0.25) is 0 Å². The number of hydrogen-bond donors (Lipinski definition) is 1. The Morgan fingerprint density at radius 1 is 1.08 bits per heavy atom. The summed E-state index contributed by atoms with van der Waals surface area (Å²) in [6.45, 7) is 10.5. The van der Waals surface area contributed by atoms with Gasteiger partial charge in [-0.25, -0.2) is 0 Å². The quantitative estimate of drug-likeness (QED) is 0.631. The fraction of sp³-hybridized carbons (Fsp3) is 0.286. The van der Waals surface area contributed by atoms with Gasteiger partial charge < -0.3 is 19.4 Å². The lowest BCUT2D eigenvalue weighted by Crippen LogP contribution is -2.05. The van der Waals surface area contributed by atoms with E-state index in [2.05, 4.69) is 18.7 Å². The minimum absolute atomic E-state index is 0.0609. The van der Waals surface area contributed by atoms with Crippen LogP contribution in [0, 0.1) is 6.92 Å². The van der Waals surface area contributed by atoms with E-state index < -0.39 is 0 Å². The second kappa shape index (κ2) is 14.0. The molecule has 0 unspecified atom stereocenters. The lowest BCUT2D eigenvalue weighted by molar-refractivity contribution is -0.0979. The molecule has 0 heterocycles. The first-order valence-corrected chi connectivity index (χ1v) is 7.94. The fourth-order valence-corrected chi connectivity index (χ4v) is 2.01. The van der Waals surface area contributed by atoms with Crippen LogP contribution in [0.4, 0.5) is 0 Å². The monoisotopic (exact) mass is 344 g/mol. The first kappa shape index (κ1) is 22.6. The summed E-state index contributed by atoms with van der Waals surface area (Å²) in [4.78, 5) is 8.00. The Balaban J connectivity index is 0.00000104. The predicted octanol–water partition coefficient (Wildman–Crippen LogP) is 4.19. The number of allylic oxidation sites excluding steroid dienone is 1. The van der Waals surface area contributed by atoms with Crippen LogP contribution in [0.5, 0.6) is 5.75 Å². The SMILES string of the molecule is C=CC.C=O.COCCOc1cc(C)ccc1-c1ccc(CO)cc1.